The van der Waals surface area contributed by atoms with Crippen LogP contribution in [0.4, 0.5) is 9.18 Å². The number of halogens is 1. The van der Waals surface area contributed by atoms with Crippen molar-refractivity contribution in [1.29, 1.82) is 0 Å². The number of aliphatic carboxylic acids is 1. The molecule has 9 nitrogen and oxygen atoms in total. The molecule has 10 heteroatoms. The van der Waals surface area contributed by atoms with Gasteiger partial charge in [0.2, 0.25) is 5.78 Å². The summed E-state index contributed by atoms with van der Waals surface area (Å²) in [5.41, 5.74) is -5.73. The minimum atomic E-state index is -2.08. The third-order valence-corrected chi connectivity index (χ3v) is 9.59. The number of aliphatic hydroxyl groups is 2. The third kappa shape index (κ3) is 3.55. The molecule has 4 aliphatic carbocycles. The number of carboxylic acid groups (broad SMARTS) is 1. The van der Waals surface area contributed by atoms with Crippen LogP contribution in [0.3, 0.4) is 0 Å². The van der Waals surface area contributed by atoms with Gasteiger partial charge in [0.05, 0.1) is 12.5 Å². The minimum absolute atomic E-state index is 0.174. The van der Waals surface area contributed by atoms with Gasteiger partial charge in [-0.1, -0.05) is 25.5 Å². The molecule has 0 aromatic heterocycles. The van der Waals surface area contributed by atoms with Gasteiger partial charge in [-0.25, -0.2) is 9.18 Å². The predicted molar refractivity (Wildman–Crippen MR) is 124 cm³/mol. The summed E-state index contributed by atoms with van der Waals surface area (Å²) in [6, 6.07) is 0. The highest BCUT2D eigenvalue weighted by atomic mass is 19.1. The van der Waals surface area contributed by atoms with E-state index in [4.69, 9.17) is 9.84 Å². The lowest BCUT2D eigenvalue weighted by Crippen LogP contribution is -2.69. The van der Waals surface area contributed by atoms with Gasteiger partial charge in [-0.3, -0.25) is 14.4 Å². The van der Waals surface area contributed by atoms with Crippen molar-refractivity contribution in [2.24, 2.45) is 28.6 Å². The van der Waals surface area contributed by atoms with Gasteiger partial charge < -0.3 is 25.4 Å². The molecule has 0 unspecified atom stereocenters. The maximum Gasteiger partial charge on any atom is 0.407 e. The number of carboxylic acids is 1. The third-order valence-electron chi connectivity index (χ3n) is 9.59. The van der Waals surface area contributed by atoms with Crippen LogP contribution in [0.25, 0.3) is 0 Å². The molecule has 36 heavy (non-hydrogen) atoms. The zero-order chi connectivity index (χ0) is 26.7. The zero-order valence-electron chi connectivity index (χ0n) is 20.8. The first-order valence-electron chi connectivity index (χ1n) is 12.4. The zero-order valence-corrected chi connectivity index (χ0v) is 20.8. The average molecular weight is 508 g/mol. The number of nitrogens with one attached hydrogen (secondary N) is 1. The van der Waals surface area contributed by atoms with E-state index >= 15 is 4.39 Å². The lowest BCUT2D eigenvalue weighted by molar-refractivity contribution is -0.219. The standard InChI is InChI=1S/C26H34FNO8/c1-14-10-18-17-5-4-15-11-16(29)6-8-23(15,2)25(17,27)19(30)12-24(18,3)26(14,35)20(31)13-36-22(34)28-9-7-21(32)33/h6,8,11,14,17-19,30,35H,4-5,7,9-10,12-13H2,1-3H3,(H,28,34)(H,32,33)/t14-,17+,18+,19+,23+,24+,25+,26+/m1/s1. The molecule has 0 spiro atoms. The maximum atomic E-state index is 17.1. The second-order valence-electron chi connectivity index (χ2n) is 11.2. The summed E-state index contributed by atoms with van der Waals surface area (Å²) in [5.74, 6) is -3.71. The molecule has 0 bridgehead atoms. The van der Waals surface area contributed by atoms with E-state index in [1.165, 1.54) is 12.2 Å². The van der Waals surface area contributed by atoms with E-state index in [1.54, 1.807) is 26.8 Å². The number of ether oxygens (including phenoxy) is 1. The first-order chi connectivity index (χ1) is 16.7. The molecule has 4 aliphatic rings. The summed E-state index contributed by atoms with van der Waals surface area (Å²) in [7, 11) is 0. The number of alkyl halides is 1. The van der Waals surface area contributed by atoms with Gasteiger partial charge in [0.1, 0.15) is 5.60 Å². The SMILES string of the molecule is C[C@@H]1C[C@H]2[C@@H]3CCC4=CC(=O)C=C[C@]4(C)[C@@]3(F)[C@@H](O)C[C@]2(C)[C@@]1(O)C(=O)COC(=O)NCCC(=O)O. The highest BCUT2D eigenvalue weighted by Gasteiger charge is 2.75. The number of carbonyl (C=O) groups excluding carboxylic acids is 3. The molecule has 0 aromatic rings. The van der Waals surface area contributed by atoms with Crippen molar-refractivity contribution in [2.75, 3.05) is 13.2 Å². The first kappa shape index (κ1) is 26.5. The van der Waals surface area contributed by atoms with Crippen molar-refractivity contribution in [3.8, 4) is 0 Å². The number of amides is 1. The molecule has 0 heterocycles. The minimum Gasteiger partial charge on any atom is -0.481 e. The van der Waals surface area contributed by atoms with Crippen LogP contribution >= 0.6 is 0 Å². The molecular formula is C26H34FNO8. The molecule has 4 N–H and O–H groups in total. The molecule has 8 atom stereocenters. The van der Waals surface area contributed by atoms with E-state index in [2.05, 4.69) is 5.32 Å². The molecular weight excluding hydrogens is 473 g/mol. The predicted octanol–water partition coefficient (Wildman–Crippen LogP) is 2.10. The van der Waals surface area contributed by atoms with E-state index in [0.29, 0.717) is 24.8 Å². The molecule has 4 rings (SSSR count). The number of carbonyl (C=O) groups is 4. The molecule has 1 amide bonds. The van der Waals surface area contributed by atoms with Gasteiger partial charge in [-0.15, -0.1) is 0 Å². The number of hydrogen-bond acceptors (Lipinski definition) is 7. The van der Waals surface area contributed by atoms with Crippen molar-refractivity contribution in [3.05, 3.63) is 23.8 Å². The number of fused-ring (bicyclic) bond motifs is 5. The summed E-state index contributed by atoms with van der Waals surface area (Å²) >= 11 is 0. The summed E-state index contributed by atoms with van der Waals surface area (Å²) < 4.78 is 22.1. The van der Waals surface area contributed by atoms with Gasteiger partial charge >= 0.3 is 12.1 Å². The van der Waals surface area contributed by atoms with Crippen LogP contribution in [0.5, 0.6) is 0 Å². The largest absolute Gasteiger partial charge is 0.481 e. The summed E-state index contributed by atoms with van der Waals surface area (Å²) in [6.45, 7) is 4.19. The van der Waals surface area contributed by atoms with E-state index in [1.807, 2.05) is 0 Å². The quantitative estimate of drug-likeness (QED) is 0.427. The lowest BCUT2D eigenvalue weighted by Gasteiger charge is -2.62. The van der Waals surface area contributed by atoms with Crippen molar-refractivity contribution >= 4 is 23.6 Å². The van der Waals surface area contributed by atoms with Gasteiger partial charge in [0.15, 0.2) is 18.1 Å². The Labute approximate surface area is 208 Å². The van der Waals surface area contributed by atoms with Gasteiger partial charge in [-0.05, 0) is 56.6 Å². The normalized spacial score (nSPS) is 43.1. The Balaban J connectivity index is 1.58. The monoisotopic (exact) mass is 507 g/mol. The number of alkyl carbamates (subject to hydrolysis) is 1. The van der Waals surface area contributed by atoms with Gasteiger partial charge in [-0.2, -0.15) is 0 Å². The fraction of sp³-hybridized carbons (Fsp3) is 0.692. The number of aliphatic hydroxyl groups excluding tert-OH is 1. The van der Waals surface area contributed by atoms with Crippen LogP contribution in [0, 0.1) is 28.6 Å². The summed E-state index contributed by atoms with van der Waals surface area (Å²) in [6.07, 6.45) is 2.57. The number of allylic oxidation sites excluding steroid dienone is 4. The second-order valence-corrected chi connectivity index (χ2v) is 11.2. The van der Waals surface area contributed by atoms with Crippen LogP contribution in [-0.2, 0) is 19.1 Å². The maximum absolute atomic E-state index is 17.1. The van der Waals surface area contributed by atoms with Crippen LogP contribution in [-0.4, -0.2) is 69.5 Å². The van der Waals surface area contributed by atoms with Crippen molar-refractivity contribution in [1.82, 2.24) is 5.32 Å². The number of Topliss-reactive ketones (excluding diaryl/α,β-unsaturated/α-hetero) is 1. The molecule has 0 saturated heterocycles. The highest BCUT2D eigenvalue weighted by Crippen LogP contribution is 2.70. The van der Waals surface area contributed by atoms with E-state index < -0.39 is 70.4 Å². The number of hydrogen-bond donors (Lipinski definition) is 4. The van der Waals surface area contributed by atoms with Crippen molar-refractivity contribution in [3.63, 3.8) is 0 Å². The molecule has 3 saturated carbocycles. The van der Waals surface area contributed by atoms with Crippen molar-refractivity contribution in [2.45, 2.75) is 70.2 Å². The Morgan fingerprint density at radius 3 is 2.61 bits per heavy atom. The highest BCUT2D eigenvalue weighted by molar-refractivity contribution is 6.01. The lowest BCUT2D eigenvalue weighted by atomic mass is 9.44. The molecule has 0 radical (unpaired) electrons. The molecule has 3 fully saturated rings. The Morgan fingerprint density at radius 2 is 1.94 bits per heavy atom. The molecule has 0 aromatic carbocycles. The summed E-state index contributed by atoms with van der Waals surface area (Å²) in [4.78, 5) is 47.7. The fourth-order valence-corrected chi connectivity index (χ4v) is 7.70. The Bertz CT molecular complexity index is 1060. The summed E-state index contributed by atoms with van der Waals surface area (Å²) in [5, 5.41) is 34.0. The Hall–Kier alpha value is -2.59. The Morgan fingerprint density at radius 1 is 1.25 bits per heavy atom. The van der Waals surface area contributed by atoms with Crippen LogP contribution in [0.2, 0.25) is 0 Å². The fourth-order valence-electron chi connectivity index (χ4n) is 7.70. The topological polar surface area (TPSA) is 150 Å². The van der Waals surface area contributed by atoms with Crippen molar-refractivity contribution < 1.29 is 43.6 Å². The van der Waals surface area contributed by atoms with Gasteiger partial charge in [0.25, 0.3) is 0 Å². The number of rotatable bonds is 6. The molecule has 0 aliphatic heterocycles. The second kappa shape index (κ2) is 8.76. The smallest absolute Gasteiger partial charge is 0.407 e. The van der Waals surface area contributed by atoms with E-state index in [9.17, 15) is 29.4 Å². The van der Waals surface area contributed by atoms with E-state index in [0.717, 1.165) is 0 Å². The first-order valence-corrected chi connectivity index (χ1v) is 12.4. The van der Waals surface area contributed by atoms with Crippen LogP contribution in [0.15, 0.2) is 23.8 Å². The number of ketones is 2. The van der Waals surface area contributed by atoms with E-state index in [-0.39, 0.29) is 25.2 Å². The van der Waals surface area contributed by atoms with Crippen LogP contribution in [0.1, 0.15) is 52.9 Å². The Kier molecular flexibility index (Phi) is 6.44. The average Bonchev–Trinajstić information content (AvgIpc) is 3.00. The van der Waals surface area contributed by atoms with Crippen LogP contribution < -0.4 is 5.32 Å². The molecule has 198 valence electrons. The van der Waals surface area contributed by atoms with Gasteiger partial charge in [0, 0.05) is 23.3 Å².